The molecular formula is C11H14ClN. The molecule has 0 saturated heterocycles. The molecule has 1 unspecified atom stereocenters. The van der Waals surface area contributed by atoms with Crippen LogP contribution in [0.5, 0.6) is 0 Å². The van der Waals surface area contributed by atoms with E-state index in [9.17, 15) is 0 Å². The zero-order valence-corrected chi connectivity index (χ0v) is 8.51. The van der Waals surface area contributed by atoms with Crippen LogP contribution in [0.4, 0.5) is 0 Å². The molecule has 70 valence electrons. The van der Waals surface area contributed by atoms with E-state index in [2.05, 4.69) is 6.58 Å². The summed E-state index contributed by atoms with van der Waals surface area (Å²) in [5.41, 5.74) is 6.76. The molecule has 0 amide bonds. The Morgan fingerprint density at radius 1 is 1.62 bits per heavy atom. The Kier molecular flexibility index (Phi) is 3.12. The normalized spacial score (nSPS) is 15.0. The SMILES string of the molecule is C=CCC(C)(N)c1cccc(Cl)c1. The topological polar surface area (TPSA) is 26.0 Å². The maximum absolute atomic E-state index is 6.09. The van der Waals surface area contributed by atoms with Gasteiger partial charge in [-0.05, 0) is 31.0 Å². The van der Waals surface area contributed by atoms with Crippen LogP contribution in [-0.2, 0) is 5.54 Å². The third kappa shape index (κ3) is 2.58. The van der Waals surface area contributed by atoms with Gasteiger partial charge in [0.25, 0.3) is 0 Å². The van der Waals surface area contributed by atoms with E-state index in [1.807, 2.05) is 37.3 Å². The summed E-state index contributed by atoms with van der Waals surface area (Å²) in [6.45, 7) is 5.65. The van der Waals surface area contributed by atoms with Crippen LogP contribution in [0.1, 0.15) is 18.9 Å². The lowest BCUT2D eigenvalue weighted by molar-refractivity contribution is 0.502. The van der Waals surface area contributed by atoms with Gasteiger partial charge in [0.15, 0.2) is 0 Å². The molecule has 0 fully saturated rings. The first-order valence-electron chi connectivity index (χ1n) is 4.22. The first-order chi connectivity index (χ1) is 6.06. The first kappa shape index (κ1) is 10.3. The van der Waals surface area contributed by atoms with Gasteiger partial charge in [0.1, 0.15) is 0 Å². The Morgan fingerprint density at radius 3 is 2.85 bits per heavy atom. The van der Waals surface area contributed by atoms with Gasteiger partial charge in [0.05, 0.1) is 0 Å². The van der Waals surface area contributed by atoms with Gasteiger partial charge < -0.3 is 5.73 Å². The molecule has 13 heavy (non-hydrogen) atoms. The van der Waals surface area contributed by atoms with Crippen LogP contribution in [0.3, 0.4) is 0 Å². The molecule has 2 N–H and O–H groups in total. The predicted molar refractivity (Wildman–Crippen MR) is 57.8 cm³/mol. The highest BCUT2D eigenvalue weighted by Crippen LogP contribution is 2.24. The average molecular weight is 196 g/mol. The molecule has 1 aromatic carbocycles. The molecular weight excluding hydrogens is 182 g/mol. The monoisotopic (exact) mass is 195 g/mol. The van der Waals surface area contributed by atoms with Crippen molar-refractivity contribution in [3.63, 3.8) is 0 Å². The van der Waals surface area contributed by atoms with Crippen molar-refractivity contribution in [1.29, 1.82) is 0 Å². The van der Waals surface area contributed by atoms with E-state index >= 15 is 0 Å². The van der Waals surface area contributed by atoms with Crippen LogP contribution in [0, 0.1) is 0 Å². The molecule has 1 nitrogen and oxygen atoms in total. The third-order valence-corrected chi connectivity index (χ3v) is 2.29. The highest BCUT2D eigenvalue weighted by molar-refractivity contribution is 6.30. The number of hydrogen-bond acceptors (Lipinski definition) is 1. The molecule has 0 radical (unpaired) electrons. The van der Waals surface area contributed by atoms with Crippen LogP contribution in [0.2, 0.25) is 5.02 Å². The maximum atomic E-state index is 6.09. The van der Waals surface area contributed by atoms with E-state index < -0.39 is 0 Å². The van der Waals surface area contributed by atoms with Crippen molar-refractivity contribution in [3.05, 3.63) is 47.5 Å². The highest BCUT2D eigenvalue weighted by Gasteiger charge is 2.18. The highest BCUT2D eigenvalue weighted by atomic mass is 35.5. The minimum Gasteiger partial charge on any atom is -0.321 e. The van der Waals surface area contributed by atoms with E-state index in [1.54, 1.807) is 0 Å². The quantitative estimate of drug-likeness (QED) is 0.738. The van der Waals surface area contributed by atoms with Crippen molar-refractivity contribution < 1.29 is 0 Å². The second-order valence-corrected chi connectivity index (χ2v) is 3.86. The van der Waals surface area contributed by atoms with Gasteiger partial charge in [-0.25, -0.2) is 0 Å². The Hall–Kier alpha value is -0.790. The van der Waals surface area contributed by atoms with Crippen molar-refractivity contribution in [2.75, 3.05) is 0 Å². The molecule has 0 heterocycles. The van der Waals surface area contributed by atoms with Gasteiger partial charge in [0, 0.05) is 10.6 Å². The summed E-state index contributed by atoms with van der Waals surface area (Å²) < 4.78 is 0. The third-order valence-electron chi connectivity index (χ3n) is 2.05. The van der Waals surface area contributed by atoms with Crippen LogP contribution in [0.25, 0.3) is 0 Å². The van der Waals surface area contributed by atoms with Crippen LogP contribution in [0.15, 0.2) is 36.9 Å². The Balaban J connectivity index is 2.99. The van der Waals surface area contributed by atoms with Gasteiger partial charge in [0.2, 0.25) is 0 Å². The second-order valence-electron chi connectivity index (χ2n) is 3.42. The number of nitrogens with two attached hydrogens (primary N) is 1. The van der Waals surface area contributed by atoms with Gasteiger partial charge in [-0.2, -0.15) is 0 Å². The molecule has 0 aliphatic heterocycles. The largest absolute Gasteiger partial charge is 0.321 e. The Morgan fingerprint density at radius 2 is 2.31 bits per heavy atom. The fourth-order valence-corrected chi connectivity index (χ4v) is 1.45. The van der Waals surface area contributed by atoms with Gasteiger partial charge in [-0.1, -0.05) is 29.8 Å². The maximum Gasteiger partial charge on any atom is 0.0416 e. The molecule has 0 saturated carbocycles. The Bertz CT molecular complexity index is 305. The van der Waals surface area contributed by atoms with Crippen LogP contribution in [-0.4, -0.2) is 0 Å². The van der Waals surface area contributed by atoms with Gasteiger partial charge in [-0.15, -0.1) is 6.58 Å². The van der Waals surface area contributed by atoms with E-state index in [1.165, 1.54) is 0 Å². The summed E-state index contributed by atoms with van der Waals surface area (Å²) in [5.74, 6) is 0. The van der Waals surface area contributed by atoms with Crippen molar-refractivity contribution in [2.24, 2.45) is 5.73 Å². The number of halogens is 1. The predicted octanol–water partition coefficient (Wildman–Crippen LogP) is 3.09. The molecule has 0 aliphatic rings. The molecule has 0 aromatic heterocycles. The number of hydrogen-bond donors (Lipinski definition) is 1. The van der Waals surface area contributed by atoms with E-state index in [0.29, 0.717) is 0 Å². The zero-order valence-electron chi connectivity index (χ0n) is 7.76. The minimum absolute atomic E-state index is 0.368. The lowest BCUT2D eigenvalue weighted by Gasteiger charge is -2.23. The van der Waals surface area contributed by atoms with Crippen molar-refractivity contribution >= 4 is 11.6 Å². The van der Waals surface area contributed by atoms with E-state index in [-0.39, 0.29) is 5.54 Å². The van der Waals surface area contributed by atoms with Crippen molar-refractivity contribution in [1.82, 2.24) is 0 Å². The summed E-state index contributed by atoms with van der Waals surface area (Å²) in [6.07, 6.45) is 2.56. The standard InChI is InChI=1S/C11H14ClN/c1-3-7-11(2,13)9-5-4-6-10(12)8-9/h3-6,8H,1,7,13H2,2H3. The number of benzene rings is 1. The average Bonchev–Trinajstić information content (AvgIpc) is 2.04. The Labute approximate surface area is 84.2 Å². The molecule has 0 aliphatic carbocycles. The smallest absolute Gasteiger partial charge is 0.0416 e. The van der Waals surface area contributed by atoms with Gasteiger partial charge >= 0.3 is 0 Å². The molecule has 1 atom stereocenters. The lowest BCUT2D eigenvalue weighted by Crippen LogP contribution is -2.32. The summed E-state index contributed by atoms with van der Waals surface area (Å²) in [5, 5.41) is 0.721. The first-order valence-corrected chi connectivity index (χ1v) is 4.60. The molecule has 0 spiro atoms. The summed E-state index contributed by atoms with van der Waals surface area (Å²) >= 11 is 5.87. The van der Waals surface area contributed by atoms with Gasteiger partial charge in [-0.3, -0.25) is 0 Å². The van der Waals surface area contributed by atoms with E-state index in [0.717, 1.165) is 17.0 Å². The van der Waals surface area contributed by atoms with E-state index in [4.69, 9.17) is 17.3 Å². The minimum atomic E-state index is -0.368. The van der Waals surface area contributed by atoms with Crippen molar-refractivity contribution in [2.45, 2.75) is 18.9 Å². The summed E-state index contributed by atoms with van der Waals surface area (Å²) in [4.78, 5) is 0. The summed E-state index contributed by atoms with van der Waals surface area (Å²) in [6, 6.07) is 7.63. The molecule has 2 heteroatoms. The second kappa shape index (κ2) is 3.95. The fourth-order valence-electron chi connectivity index (χ4n) is 1.26. The van der Waals surface area contributed by atoms with Crippen LogP contribution >= 0.6 is 11.6 Å². The molecule has 1 aromatic rings. The van der Waals surface area contributed by atoms with Crippen molar-refractivity contribution in [3.8, 4) is 0 Å². The van der Waals surface area contributed by atoms with Crippen LogP contribution < -0.4 is 5.73 Å². The lowest BCUT2D eigenvalue weighted by atomic mass is 9.90. The number of rotatable bonds is 3. The summed E-state index contributed by atoms with van der Waals surface area (Å²) in [7, 11) is 0. The molecule has 1 rings (SSSR count). The fraction of sp³-hybridized carbons (Fsp3) is 0.273. The molecule has 0 bridgehead atoms. The zero-order chi connectivity index (χ0) is 9.90.